The molecule has 0 aliphatic heterocycles. The number of alkyl halides is 3. The van der Waals surface area contributed by atoms with Crippen molar-refractivity contribution in [1.82, 2.24) is 0 Å². The summed E-state index contributed by atoms with van der Waals surface area (Å²) in [5.41, 5.74) is -2.59. The van der Waals surface area contributed by atoms with E-state index in [0.29, 0.717) is 0 Å². The molecule has 78 valence electrons. The molecule has 0 N–H and O–H groups in total. The van der Waals surface area contributed by atoms with Gasteiger partial charge in [-0.25, -0.2) is 4.99 Å². The molecule has 2 atom stereocenters. The van der Waals surface area contributed by atoms with Crippen LogP contribution in [0.2, 0.25) is 0 Å². The van der Waals surface area contributed by atoms with E-state index in [-0.39, 0.29) is 0 Å². The quantitative estimate of drug-likeness (QED) is 0.513. The molecule has 1 rings (SSSR count). The molecule has 6 heteroatoms. The Morgan fingerprint density at radius 1 is 1.40 bits per heavy atom. The van der Waals surface area contributed by atoms with Crippen molar-refractivity contribution in [3.05, 3.63) is 24.3 Å². The SMILES string of the molecule is N#CC1C=CC=CC1(N=C=S)C(F)(F)F. The fourth-order valence-corrected chi connectivity index (χ4v) is 1.44. The van der Waals surface area contributed by atoms with Gasteiger partial charge in [-0.3, -0.25) is 0 Å². The Labute approximate surface area is 89.4 Å². The number of hydrogen-bond donors (Lipinski definition) is 0. The lowest BCUT2D eigenvalue weighted by atomic mass is 9.81. The highest BCUT2D eigenvalue weighted by atomic mass is 32.1. The molecular weight excluding hydrogens is 225 g/mol. The maximum Gasteiger partial charge on any atom is 0.419 e. The van der Waals surface area contributed by atoms with Crippen molar-refractivity contribution in [2.75, 3.05) is 0 Å². The molecule has 0 saturated carbocycles. The first-order valence-electron chi connectivity index (χ1n) is 3.89. The summed E-state index contributed by atoms with van der Waals surface area (Å²) in [6, 6.07) is 1.55. The smallest absolute Gasteiger partial charge is 0.210 e. The van der Waals surface area contributed by atoms with Crippen molar-refractivity contribution in [2.45, 2.75) is 11.7 Å². The zero-order valence-corrected chi connectivity index (χ0v) is 8.14. The molecule has 0 saturated heterocycles. The van der Waals surface area contributed by atoms with Gasteiger partial charge in [-0.2, -0.15) is 18.4 Å². The topological polar surface area (TPSA) is 36.1 Å². The van der Waals surface area contributed by atoms with Crippen molar-refractivity contribution in [2.24, 2.45) is 10.9 Å². The lowest BCUT2D eigenvalue weighted by molar-refractivity contribution is -0.176. The fourth-order valence-electron chi connectivity index (χ4n) is 1.29. The standard InChI is InChI=1S/C9H5F3N2S/c10-9(11,12)8(14-6-15)4-2-1-3-7(8)5-13/h1-4,7H. The number of nitriles is 1. The number of hydrogen-bond acceptors (Lipinski definition) is 3. The van der Waals surface area contributed by atoms with E-state index in [9.17, 15) is 13.2 Å². The van der Waals surface area contributed by atoms with Gasteiger partial charge in [-0.15, -0.1) is 0 Å². The number of rotatable bonds is 1. The minimum absolute atomic E-state index is 0.820. The number of halogens is 3. The second-order valence-electron chi connectivity index (χ2n) is 2.88. The summed E-state index contributed by atoms with van der Waals surface area (Å²) in [6.07, 6.45) is -0.140. The maximum absolute atomic E-state index is 12.8. The molecule has 0 aromatic rings. The highest BCUT2D eigenvalue weighted by Gasteiger charge is 2.58. The molecule has 1 aliphatic rings. The molecule has 15 heavy (non-hydrogen) atoms. The van der Waals surface area contributed by atoms with Gasteiger partial charge in [-0.1, -0.05) is 18.2 Å². The average molecular weight is 230 g/mol. The van der Waals surface area contributed by atoms with Crippen LogP contribution in [0.3, 0.4) is 0 Å². The van der Waals surface area contributed by atoms with Crippen LogP contribution in [0.1, 0.15) is 0 Å². The van der Waals surface area contributed by atoms with E-state index in [1.54, 1.807) is 11.2 Å². The van der Waals surface area contributed by atoms with Gasteiger partial charge >= 0.3 is 6.18 Å². The monoisotopic (exact) mass is 230 g/mol. The summed E-state index contributed by atoms with van der Waals surface area (Å²) in [5.74, 6) is -1.40. The molecule has 0 bridgehead atoms. The van der Waals surface area contributed by atoms with Crippen LogP contribution in [-0.2, 0) is 0 Å². The molecule has 1 aliphatic carbocycles. The lowest BCUT2D eigenvalue weighted by Gasteiger charge is -2.31. The summed E-state index contributed by atoms with van der Waals surface area (Å²) in [7, 11) is 0. The summed E-state index contributed by atoms with van der Waals surface area (Å²) in [5, 5.41) is 10.4. The van der Waals surface area contributed by atoms with Crippen LogP contribution in [0.4, 0.5) is 13.2 Å². The van der Waals surface area contributed by atoms with Crippen LogP contribution in [0, 0.1) is 17.2 Å². The molecule has 0 aromatic heterocycles. The Balaban J connectivity index is 3.34. The molecule has 0 aromatic carbocycles. The summed E-state index contributed by atoms with van der Waals surface area (Å²) >= 11 is 4.19. The zero-order chi connectivity index (χ0) is 11.5. The third kappa shape index (κ3) is 1.84. The molecule has 2 unspecified atom stereocenters. The van der Waals surface area contributed by atoms with Gasteiger partial charge in [0.05, 0.1) is 11.2 Å². The van der Waals surface area contributed by atoms with Gasteiger partial charge in [0.25, 0.3) is 0 Å². The predicted octanol–water partition coefficient (Wildman–Crippen LogP) is 2.66. The minimum atomic E-state index is -4.67. The van der Waals surface area contributed by atoms with Gasteiger partial charge < -0.3 is 0 Å². The molecule has 0 spiro atoms. The van der Waals surface area contributed by atoms with Gasteiger partial charge in [0.15, 0.2) is 0 Å². The first-order valence-corrected chi connectivity index (χ1v) is 4.30. The van der Waals surface area contributed by atoms with Crippen LogP contribution in [0.15, 0.2) is 29.3 Å². The van der Waals surface area contributed by atoms with Crippen molar-refractivity contribution in [3.8, 4) is 6.07 Å². The molecule has 2 nitrogen and oxygen atoms in total. The highest BCUT2D eigenvalue weighted by Crippen LogP contribution is 2.42. The van der Waals surface area contributed by atoms with E-state index < -0.39 is 17.6 Å². The van der Waals surface area contributed by atoms with Crippen LogP contribution < -0.4 is 0 Å². The minimum Gasteiger partial charge on any atom is -0.210 e. The van der Waals surface area contributed by atoms with Crippen molar-refractivity contribution in [1.29, 1.82) is 5.26 Å². The van der Waals surface area contributed by atoms with E-state index in [4.69, 9.17) is 5.26 Å². The van der Waals surface area contributed by atoms with Crippen LogP contribution in [0.5, 0.6) is 0 Å². The Bertz CT molecular complexity index is 399. The van der Waals surface area contributed by atoms with Crippen LogP contribution in [0.25, 0.3) is 0 Å². The maximum atomic E-state index is 12.8. The predicted molar refractivity (Wildman–Crippen MR) is 51.2 cm³/mol. The van der Waals surface area contributed by atoms with E-state index in [1.807, 2.05) is 0 Å². The summed E-state index contributed by atoms with van der Waals surface area (Å²) in [6.45, 7) is 0. The molecule has 0 heterocycles. The molecule has 0 amide bonds. The fraction of sp³-hybridized carbons (Fsp3) is 0.333. The molecule has 0 fully saturated rings. The molecular formula is C9H5F3N2S. The van der Waals surface area contributed by atoms with Gasteiger partial charge in [0.1, 0.15) is 5.92 Å². The number of aliphatic imine (C=N–C) groups is 1. The Morgan fingerprint density at radius 3 is 2.53 bits per heavy atom. The lowest BCUT2D eigenvalue weighted by Crippen LogP contribution is -2.47. The van der Waals surface area contributed by atoms with E-state index in [1.165, 1.54) is 12.2 Å². The number of nitrogens with zero attached hydrogens (tertiary/aromatic N) is 2. The Hall–Kier alpha value is -1.44. The van der Waals surface area contributed by atoms with Gasteiger partial charge in [0, 0.05) is 0 Å². The van der Waals surface area contributed by atoms with Crippen LogP contribution >= 0.6 is 12.2 Å². The third-order valence-electron chi connectivity index (χ3n) is 2.06. The first kappa shape index (κ1) is 11.6. The summed E-state index contributed by atoms with van der Waals surface area (Å²) < 4.78 is 38.4. The third-order valence-corrected chi connectivity index (χ3v) is 2.15. The first-order chi connectivity index (χ1) is 6.98. The van der Waals surface area contributed by atoms with Crippen LogP contribution in [-0.4, -0.2) is 16.9 Å². The zero-order valence-electron chi connectivity index (χ0n) is 7.32. The Kier molecular flexibility index (Phi) is 3.08. The van der Waals surface area contributed by atoms with Crippen molar-refractivity contribution in [3.63, 3.8) is 0 Å². The normalized spacial score (nSPS) is 29.3. The Morgan fingerprint density at radius 2 is 2.07 bits per heavy atom. The number of allylic oxidation sites excluding steroid dienone is 2. The van der Waals surface area contributed by atoms with E-state index >= 15 is 0 Å². The number of thiocarbonyl (C=S) groups is 1. The highest BCUT2D eigenvalue weighted by molar-refractivity contribution is 7.78. The van der Waals surface area contributed by atoms with Gasteiger partial charge in [-0.05, 0) is 18.3 Å². The largest absolute Gasteiger partial charge is 0.419 e. The van der Waals surface area contributed by atoms with Crippen molar-refractivity contribution >= 4 is 17.4 Å². The second kappa shape index (κ2) is 3.97. The van der Waals surface area contributed by atoms with E-state index in [2.05, 4.69) is 17.2 Å². The molecule has 0 radical (unpaired) electrons. The number of isothiocyanates is 1. The van der Waals surface area contributed by atoms with Crippen molar-refractivity contribution < 1.29 is 13.2 Å². The second-order valence-corrected chi connectivity index (χ2v) is 3.06. The average Bonchev–Trinajstić information content (AvgIpc) is 2.17. The van der Waals surface area contributed by atoms with Gasteiger partial charge in [0.2, 0.25) is 5.54 Å². The summed E-state index contributed by atoms with van der Waals surface area (Å²) in [4.78, 5) is 3.12. The van der Waals surface area contributed by atoms with E-state index in [0.717, 1.165) is 12.2 Å².